The lowest BCUT2D eigenvalue weighted by molar-refractivity contribution is -0.384. The number of hydrogen-bond donors (Lipinski definition) is 0. The van der Waals surface area contributed by atoms with Crippen LogP contribution in [0.1, 0.15) is 21.5 Å². The average molecular weight is 329 g/mol. The number of carbonyl (C=O) groups is 2. The third-order valence-corrected chi connectivity index (χ3v) is 3.27. The fourth-order valence-corrected chi connectivity index (χ4v) is 1.97. The van der Waals surface area contributed by atoms with Crippen molar-refractivity contribution in [3.63, 3.8) is 0 Å². The summed E-state index contributed by atoms with van der Waals surface area (Å²) in [4.78, 5) is 33.2. The smallest absolute Gasteiger partial charge is 0.337 e. The molecule has 0 aromatic heterocycles. The molecule has 24 heavy (non-hydrogen) atoms. The lowest BCUT2D eigenvalue weighted by Crippen LogP contribution is -2.08. The van der Waals surface area contributed by atoms with Gasteiger partial charge in [0, 0.05) is 12.1 Å². The zero-order valence-electron chi connectivity index (χ0n) is 12.9. The first-order valence-electron chi connectivity index (χ1n) is 7.06. The van der Waals surface area contributed by atoms with Crippen molar-refractivity contribution in [2.45, 2.75) is 13.0 Å². The molecule has 2 aromatic rings. The monoisotopic (exact) mass is 329 g/mol. The van der Waals surface area contributed by atoms with Gasteiger partial charge in [0.1, 0.15) is 6.61 Å². The first-order chi connectivity index (χ1) is 11.5. The van der Waals surface area contributed by atoms with Crippen LogP contribution in [0.25, 0.3) is 0 Å². The lowest BCUT2D eigenvalue weighted by atomic mass is 10.1. The van der Waals surface area contributed by atoms with E-state index < -0.39 is 16.9 Å². The van der Waals surface area contributed by atoms with Gasteiger partial charge in [0.05, 0.1) is 24.0 Å². The van der Waals surface area contributed by atoms with Gasteiger partial charge in [-0.3, -0.25) is 14.9 Å². The highest BCUT2D eigenvalue weighted by atomic mass is 16.6. The molecule has 124 valence electrons. The lowest BCUT2D eigenvalue weighted by Gasteiger charge is -2.06. The molecule has 7 heteroatoms. The molecule has 0 aliphatic heterocycles. The van der Waals surface area contributed by atoms with E-state index in [1.807, 2.05) is 0 Å². The highest BCUT2D eigenvalue weighted by molar-refractivity contribution is 5.89. The Hall–Kier alpha value is -3.22. The van der Waals surface area contributed by atoms with Crippen molar-refractivity contribution in [3.8, 4) is 0 Å². The number of benzene rings is 2. The zero-order valence-corrected chi connectivity index (χ0v) is 12.9. The van der Waals surface area contributed by atoms with E-state index in [4.69, 9.17) is 4.74 Å². The van der Waals surface area contributed by atoms with Gasteiger partial charge in [-0.1, -0.05) is 24.3 Å². The second kappa shape index (κ2) is 7.87. The molecular formula is C17H15NO6. The molecule has 0 N–H and O–H groups in total. The van der Waals surface area contributed by atoms with Crippen LogP contribution in [-0.2, 0) is 27.3 Å². The number of methoxy groups -OCH3 is 1. The molecule has 2 rings (SSSR count). The second-order valence-corrected chi connectivity index (χ2v) is 4.95. The standard InChI is InChI=1S/C17H15NO6/c1-23-17(20)14-6-2-13(3-7-14)11-24-16(19)10-12-4-8-15(9-5-12)18(21)22/h2-9H,10-11H2,1H3. The molecule has 0 spiro atoms. The molecule has 0 bridgehead atoms. The third kappa shape index (κ3) is 4.64. The van der Waals surface area contributed by atoms with Crippen LogP contribution in [0.4, 0.5) is 5.69 Å². The fourth-order valence-electron chi connectivity index (χ4n) is 1.97. The molecular weight excluding hydrogens is 314 g/mol. The van der Waals surface area contributed by atoms with Gasteiger partial charge in [-0.25, -0.2) is 4.79 Å². The minimum absolute atomic E-state index is 0.0260. The Labute approximate surface area is 138 Å². The zero-order chi connectivity index (χ0) is 17.5. The van der Waals surface area contributed by atoms with Crippen molar-refractivity contribution >= 4 is 17.6 Å². The van der Waals surface area contributed by atoms with E-state index in [0.717, 1.165) is 5.56 Å². The molecule has 0 fully saturated rings. The van der Waals surface area contributed by atoms with Gasteiger partial charge in [-0.2, -0.15) is 0 Å². The van der Waals surface area contributed by atoms with Crippen LogP contribution in [-0.4, -0.2) is 24.0 Å². The van der Waals surface area contributed by atoms with Crippen molar-refractivity contribution in [1.82, 2.24) is 0 Å². The summed E-state index contributed by atoms with van der Waals surface area (Å²) >= 11 is 0. The number of esters is 2. The van der Waals surface area contributed by atoms with Crippen LogP contribution in [0.5, 0.6) is 0 Å². The second-order valence-electron chi connectivity index (χ2n) is 4.95. The van der Waals surface area contributed by atoms with Crippen molar-refractivity contribution in [3.05, 3.63) is 75.3 Å². The third-order valence-electron chi connectivity index (χ3n) is 3.27. The van der Waals surface area contributed by atoms with Gasteiger partial charge in [-0.05, 0) is 23.3 Å². The van der Waals surface area contributed by atoms with Crippen molar-refractivity contribution in [2.24, 2.45) is 0 Å². The summed E-state index contributed by atoms with van der Waals surface area (Å²) in [5.74, 6) is -0.877. The Morgan fingerprint density at radius 3 is 2.12 bits per heavy atom. The van der Waals surface area contributed by atoms with Gasteiger partial charge < -0.3 is 9.47 Å². The van der Waals surface area contributed by atoms with E-state index in [1.54, 1.807) is 24.3 Å². The number of carbonyl (C=O) groups excluding carboxylic acids is 2. The summed E-state index contributed by atoms with van der Waals surface area (Å²) in [5.41, 5.74) is 1.75. The van der Waals surface area contributed by atoms with E-state index in [2.05, 4.69) is 4.74 Å². The fraction of sp³-hybridized carbons (Fsp3) is 0.176. The Kier molecular flexibility index (Phi) is 5.62. The number of non-ortho nitro benzene ring substituents is 1. The van der Waals surface area contributed by atoms with Crippen molar-refractivity contribution < 1.29 is 24.0 Å². The summed E-state index contributed by atoms with van der Waals surface area (Å²) < 4.78 is 9.74. The van der Waals surface area contributed by atoms with Gasteiger partial charge >= 0.3 is 11.9 Å². The van der Waals surface area contributed by atoms with Gasteiger partial charge in [0.15, 0.2) is 0 Å². The SMILES string of the molecule is COC(=O)c1ccc(COC(=O)Cc2ccc([N+](=O)[O-])cc2)cc1. The predicted molar refractivity (Wildman–Crippen MR) is 84.4 cm³/mol. The molecule has 0 saturated carbocycles. The van der Waals surface area contributed by atoms with Gasteiger partial charge in [0.25, 0.3) is 5.69 Å². The van der Waals surface area contributed by atoms with Crippen LogP contribution >= 0.6 is 0 Å². The highest BCUT2D eigenvalue weighted by Crippen LogP contribution is 2.13. The molecule has 0 radical (unpaired) electrons. The average Bonchev–Trinajstić information content (AvgIpc) is 2.60. The summed E-state index contributed by atoms with van der Waals surface area (Å²) in [6, 6.07) is 12.2. The Morgan fingerprint density at radius 1 is 1.00 bits per heavy atom. The van der Waals surface area contributed by atoms with Crippen LogP contribution in [0.3, 0.4) is 0 Å². The Morgan fingerprint density at radius 2 is 1.58 bits per heavy atom. The number of nitrogens with zero attached hydrogens (tertiary/aromatic N) is 1. The number of hydrogen-bond acceptors (Lipinski definition) is 6. The summed E-state index contributed by atoms with van der Waals surface area (Å²) in [6.45, 7) is 0.0767. The Bertz CT molecular complexity index is 737. The van der Waals surface area contributed by atoms with Crippen LogP contribution in [0, 0.1) is 10.1 Å². The molecule has 0 atom stereocenters. The quantitative estimate of drug-likeness (QED) is 0.459. The maximum Gasteiger partial charge on any atom is 0.337 e. The molecule has 0 aliphatic rings. The normalized spacial score (nSPS) is 10.0. The van der Waals surface area contributed by atoms with E-state index in [9.17, 15) is 19.7 Å². The van der Waals surface area contributed by atoms with Crippen molar-refractivity contribution in [2.75, 3.05) is 7.11 Å². The van der Waals surface area contributed by atoms with Crippen LogP contribution in [0.15, 0.2) is 48.5 Å². The molecule has 0 saturated heterocycles. The van der Waals surface area contributed by atoms with Gasteiger partial charge in [-0.15, -0.1) is 0 Å². The van der Waals surface area contributed by atoms with Crippen molar-refractivity contribution in [1.29, 1.82) is 0 Å². The van der Waals surface area contributed by atoms with E-state index >= 15 is 0 Å². The first kappa shape index (κ1) is 17.1. The van der Waals surface area contributed by atoms with Gasteiger partial charge in [0.2, 0.25) is 0 Å². The maximum absolute atomic E-state index is 11.8. The predicted octanol–water partition coefficient (Wildman–Crippen LogP) is 2.67. The maximum atomic E-state index is 11.8. The van der Waals surface area contributed by atoms with E-state index in [1.165, 1.54) is 31.4 Å². The largest absolute Gasteiger partial charge is 0.465 e. The van der Waals surface area contributed by atoms with E-state index in [0.29, 0.717) is 11.1 Å². The molecule has 0 unspecified atom stereocenters. The van der Waals surface area contributed by atoms with E-state index in [-0.39, 0.29) is 18.7 Å². The Balaban J connectivity index is 1.86. The molecule has 0 amide bonds. The first-order valence-corrected chi connectivity index (χ1v) is 7.06. The molecule has 2 aromatic carbocycles. The topological polar surface area (TPSA) is 95.7 Å². The number of nitro benzene ring substituents is 1. The van der Waals surface area contributed by atoms with Crippen LogP contribution in [0.2, 0.25) is 0 Å². The van der Waals surface area contributed by atoms with Crippen LogP contribution < -0.4 is 0 Å². The molecule has 7 nitrogen and oxygen atoms in total. The minimum Gasteiger partial charge on any atom is -0.465 e. The number of ether oxygens (including phenoxy) is 2. The highest BCUT2D eigenvalue weighted by Gasteiger charge is 2.09. The number of rotatable bonds is 6. The summed E-state index contributed by atoms with van der Waals surface area (Å²) in [6.07, 6.45) is 0.0260. The molecule has 0 aliphatic carbocycles. The minimum atomic E-state index is -0.500. The molecule has 0 heterocycles. The summed E-state index contributed by atoms with van der Waals surface area (Å²) in [5, 5.41) is 10.6. The number of nitro groups is 1. The summed E-state index contributed by atoms with van der Waals surface area (Å²) in [7, 11) is 1.30.